The van der Waals surface area contributed by atoms with Gasteiger partial charge in [0.1, 0.15) is 5.75 Å². The van der Waals surface area contributed by atoms with Crippen molar-refractivity contribution in [2.45, 2.75) is 12.8 Å². The zero-order valence-corrected chi connectivity index (χ0v) is 11.7. The Morgan fingerprint density at radius 1 is 1.47 bits per heavy atom. The van der Waals surface area contributed by atoms with Crippen LogP contribution in [0.4, 0.5) is 5.69 Å². The molecule has 1 aromatic rings. The first-order valence-electron chi connectivity index (χ1n) is 5.89. The summed E-state index contributed by atoms with van der Waals surface area (Å²) < 4.78 is 5.06. The molecule has 0 unspecified atom stereocenters. The molecular formula is C13H17ClN2O3. The molecule has 0 aliphatic heterocycles. The van der Waals surface area contributed by atoms with Gasteiger partial charge in [0.15, 0.2) is 6.29 Å². The lowest BCUT2D eigenvalue weighted by molar-refractivity contribution is -0.116. The number of nitrogens with one attached hydrogen (secondary N) is 2. The predicted octanol–water partition coefficient (Wildman–Crippen LogP) is 2.10. The third-order valence-corrected chi connectivity index (χ3v) is 2.86. The summed E-state index contributed by atoms with van der Waals surface area (Å²) in [6, 6.07) is 3.01. The first-order chi connectivity index (χ1) is 9.12. The van der Waals surface area contributed by atoms with Crippen LogP contribution < -0.4 is 15.4 Å². The Kier molecular flexibility index (Phi) is 6.32. The maximum atomic E-state index is 11.7. The minimum absolute atomic E-state index is 0.127. The second kappa shape index (κ2) is 7.76. The number of benzene rings is 1. The predicted molar refractivity (Wildman–Crippen MR) is 75.2 cm³/mol. The van der Waals surface area contributed by atoms with Crippen molar-refractivity contribution in [3.63, 3.8) is 0 Å². The van der Waals surface area contributed by atoms with E-state index in [-0.39, 0.29) is 5.91 Å². The number of amides is 1. The van der Waals surface area contributed by atoms with E-state index in [0.29, 0.717) is 34.7 Å². The molecule has 2 N–H and O–H groups in total. The van der Waals surface area contributed by atoms with E-state index in [9.17, 15) is 9.59 Å². The molecule has 6 heteroatoms. The van der Waals surface area contributed by atoms with E-state index in [1.54, 1.807) is 6.07 Å². The Morgan fingerprint density at radius 3 is 2.79 bits per heavy atom. The number of ether oxygens (including phenoxy) is 1. The topological polar surface area (TPSA) is 67.4 Å². The van der Waals surface area contributed by atoms with Crippen LogP contribution in [0.5, 0.6) is 5.75 Å². The Bertz CT molecular complexity index is 463. The normalized spacial score (nSPS) is 10.1. The Labute approximate surface area is 117 Å². The van der Waals surface area contributed by atoms with Crippen molar-refractivity contribution in [3.05, 3.63) is 22.7 Å². The summed E-state index contributed by atoms with van der Waals surface area (Å²) in [5, 5.41) is 5.98. The number of halogens is 1. The number of anilines is 1. The highest BCUT2D eigenvalue weighted by Gasteiger charge is 2.11. The molecule has 1 amide bonds. The lowest BCUT2D eigenvalue weighted by atomic mass is 10.2. The average molecular weight is 285 g/mol. The van der Waals surface area contributed by atoms with Crippen molar-refractivity contribution in [2.24, 2.45) is 0 Å². The number of hydrogen-bond acceptors (Lipinski definition) is 4. The van der Waals surface area contributed by atoms with Gasteiger partial charge in [-0.05, 0) is 26.1 Å². The van der Waals surface area contributed by atoms with Gasteiger partial charge < -0.3 is 15.4 Å². The second-order valence-electron chi connectivity index (χ2n) is 3.95. The summed E-state index contributed by atoms with van der Waals surface area (Å²) in [7, 11) is 3.28. The zero-order chi connectivity index (χ0) is 14.3. The van der Waals surface area contributed by atoms with Crippen LogP contribution in [0.3, 0.4) is 0 Å². The minimum Gasteiger partial charge on any atom is -0.496 e. The molecule has 0 atom stereocenters. The van der Waals surface area contributed by atoms with Gasteiger partial charge in [0, 0.05) is 12.5 Å². The number of methoxy groups -OCH3 is 1. The summed E-state index contributed by atoms with van der Waals surface area (Å²) in [4.78, 5) is 22.5. The molecular weight excluding hydrogens is 268 g/mol. The van der Waals surface area contributed by atoms with Crippen molar-refractivity contribution in [2.75, 3.05) is 26.0 Å². The first-order valence-corrected chi connectivity index (χ1v) is 6.27. The molecule has 0 aromatic heterocycles. The fourth-order valence-electron chi connectivity index (χ4n) is 1.57. The Balaban J connectivity index is 2.78. The summed E-state index contributed by atoms with van der Waals surface area (Å²) in [6.45, 7) is 0.772. The molecule has 0 spiro atoms. The number of carbonyl (C=O) groups excluding carboxylic acids is 2. The van der Waals surface area contributed by atoms with Crippen LogP contribution in [0.15, 0.2) is 12.1 Å². The van der Waals surface area contributed by atoms with E-state index in [0.717, 1.165) is 13.0 Å². The summed E-state index contributed by atoms with van der Waals surface area (Å²) in [5.41, 5.74) is 0.791. The highest BCUT2D eigenvalue weighted by molar-refractivity contribution is 6.34. The number of hydrogen-bond donors (Lipinski definition) is 2. The van der Waals surface area contributed by atoms with E-state index in [1.807, 2.05) is 7.05 Å². The summed E-state index contributed by atoms with van der Waals surface area (Å²) in [6.07, 6.45) is 1.79. The van der Waals surface area contributed by atoms with Gasteiger partial charge in [-0.2, -0.15) is 0 Å². The molecule has 0 aliphatic rings. The largest absolute Gasteiger partial charge is 0.496 e. The molecule has 0 saturated carbocycles. The van der Waals surface area contributed by atoms with Gasteiger partial charge in [-0.15, -0.1) is 0 Å². The van der Waals surface area contributed by atoms with Crippen LogP contribution in [0, 0.1) is 0 Å². The van der Waals surface area contributed by atoms with Gasteiger partial charge in [-0.25, -0.2) is 0 Å². The SMILES string of the molecule is CNCCCC(=O)Nc1cc(OC)c(C=O)cc1Cl. The fraction of sp³-hybridized carbons (Fsp3) is 0.385. The van der Waals surface area contributed by atoms with Crippen LogP contribution in [-0.4, -0.2) is 32.9 Å². The van der Waals surface area contributed by atoms with Gasteiger partial charge in [0.25, 0.3) is 0 Å². The Morgan fingerprint density at radius 2 is 2.21 bits per heavy atom. The summed E-state index contributed by atoms with van der Waals surface area (Å²) in [5.74, 6) is 0.253. The standard InChI is InChI=1S/C13H17ClN2O3/c1-15-5-3-4-13(18)16-11-7-12(19-2)9(8-17)6-10(11)14/h6-8,15H,3-5H2,1-2H3,(H,16,18). The maximum absolute atomic E-state index is 11.7. The van der Waals surface area contributed by atoms with E-state index in [4.69, 9.17) is 16.3 Å². The molecule has 1 rings (SSSR count). The molecule has 0 bridgehead atoms. The molecule has 0 heterocycles. The van der Waals surface area contributed by atoms with Gasteiger partial charge in [0.2, 0.25) is 5.91 Å². The van der Waals surface area contributed by atoms with Crippen LogP contribution in [0.2, 0.25) is 5.02 Å². The van der Waals surface area contributed by atoms with E-state index in [2.05, 4.69) is 10.6 Å². The molecule has 0 saturated heterocycles. The molecule has 5 nitrogen and oxygen atoms in total. The van der Waals surface area contributed by atoms with Crippen molar-refractivity contribution >= 4 is 29.5 Å². The third kappa shape index (κ3) is 4.54. The lowest BCUT2D eigenvalue weighted by Gasteiger charge is -2.11. The smallest absolute Gasteiger partial charge is 0.224 e. The van der Waals surface area contributed by atoms with Gasteiger partial charge in [0.05, 0.1) is 23.4 Å². The van der Waals surface area contributed by atoms with Crippen molar-refractivity contribution in [1.29, 1.82) is 0 Å². The highest BCUT2D eigenvalue weighted by Crippen LogP contribution is 2.30. The second-order valence-corrected chi connectivity index (χ2v) is 4.35. The summed E-state index contributed by atoms with van der Waals surface area (Å²) >= 11 is 6.00. The first kappa shape index (κ1) is 15.5. The van der Waals surface area contributed by atoms with Crippen molar-refractivity contribution in [1.82, 2.24) is 5.32 Å². The molecule has 0 fully saturated rings. The van der Waals surface area contributed by atoms with E-state index < -0.39 is 0 Å². The van der Waals surface area contributed by atoms with Crippen LogP contribution in [-0.2, 0) is 4.79 Å². The van der Waals surface area contributed by atoms with Crippen LogP contribution in [0.25, 0.3) is 0 Å². The van der Waals surface area contributed by atoms with Gasteiger partial charge in [-0.3, -0.25) is 9.59 Å². The quantitative estimate of drug-likeness (QED) is 0.594. The lowest BCUT2D eigenvalue weighted by Crippen LogP contribution is -2.15. The molecule has 19 heavy (non-hydrogen) atoms. The third-order valence-electron chi connectivity index (χ3n) is 2.55. The molecule has 0 aliphatic carbocycles. The van der Waals surface area contributed by atoms with Crippen LogP contribution in [0.1, 0.15) is 23.2 Å². The van der Waals surface area contributed by atoms with Crippen molar-refractivity contribution in [3.8, 4) is 5.75 Å². The molecule has 1 aromatic carbocycles. The van der Waals surface area contributed by atoms with Crippen molar-refractivity contribution < 1.29 is 14.3 Å². The molecule has 104 valence electrons. The fourth-order valence-corrected chi connectivity index (χ4v) is 1.79. The number of aldehydes is 1. The average Bonchev–Trinajstić information content (AvgIpc) is 2.40. The maximum Gasteiger partial charge on any atom is 0.224 e. The number of rotatable bonds is 7. The highest BCUT2D eigenvalue weighted by atomic mass is 35.5. The van der Waals surface area contributed by atoms with Crippen LogP contribution >= 0.6 is 11.6 Å². The number of carbonyl (C=O) groups is 2. The zero-order valence-electron chi connectivity index (χ0n) is 11.0. The Hall–Kier alpha value is -1.59. The van der Waals surface area contributed by atoms with Gasteiger partial charge in [-0.1, -0.05) is 11.6 Å². The minimum atomic E-state index is -0.127. The van der Waals surface area contributed by atoms with E-state index >= 15 is 0 Å². The molecule has 0 radical (unpaired) electrons. The van der Waals surface area contributed by atoms with Gasteiger partial charge >= 0.3 is 0 Å². The monoisotopic (exact) mass is 284 g/mol. The van der Waals surface area contributed by atoms with E-state index in [1.165, 1.54) is 13.2 Å².